The highest BCUT2D eigenvalue weighted by Gasteiger charge is 2.25. The maximum atomic E-state index is 14.2. The molecule has 0 saturated heterocycles. The van der Waals surface area contributed by atoms with Crippen LogP contribution in [0.1, 0.15) is 61.9 Å². The second-order valence-corrected chi connectivity index (χ2v) is 8.68. The van der Waals surface area contributed by atoms with Crippen molar-refractivity contribution in [3.05, 3.63) is 41.5 Å². The van der Waals surface area contributed by atoms with Gasteiger partial charge in [-0.3, -0.25) is 9.59 Å². The van der Waals surface area contributed by atoms with Crippen molar-refractivity contribution >= 4 is 29.2 Å². The first-order chi connectivity index (χ1) is 16.3. The maximum Gasteiger partial charge on any atom is 0.305 e. The summed E-state index contributed by atoms with van der Waals surface area (Å²) in [5.74, 6) is -0.609. The fourth-order valence-corrected chi connectivity index (χ4v) is 3.94. The van der Waals surface area contributed by atoms with E-state index in [1.807, 2.05) is 19.9 Å². The number of halogens is 1. The van der Waals surface area contributed by atoms with Crippen molar-refractivity contribution in [3.63, 3.8) is 0 Å². The number of ether oxygens (including phenoxy) is 1. The van der Waals surface area contributed by atoms with Crippen molar-refractivity contribution in [3.8, 4) is 6.07 Å². The van der Waals surface area contributed by atoms with E-state index in [0.717, 1.165) is 31.7 Å². The third-order valence-corrected chi connectivity index (χ3v) is 5.67. The number of hydrogen-bond donors (Lipinski definition) is 3. The Hall–Kier alpha value is -3.74. The summed E-state index contributed by atoms with van der Waals surface area (Å²) in [6.45, 7) is 3.89. The Labute approximate surface area is 198 Å². The number of nitriles is 1. The van der Waals surface area contributed by atoms with Crippen molar-refractivity contribution in [2.45, 2.75) is 58.0 Å². The molecular weight excluding hydrogens is 439 g/mol. The van der Waals surface area contributed by atoms with E-state index in [4.69, 9.17) is 10.00 Å². The van der Waals surface area contributed by atoms with Gasteiger partial charge in [-0.25, -0.2) is 14.4 Å². The van der Waals surface area contributed by atoms with Crippen LogP contribution >= 0.6 is 0 Å². The first-order valence-corrected chi connectivity index (χ1v) is 11.3. The van der Waals surface area contributed by atoms with E-state index in [0.29, 0.717) is 23.5 Å². The molecule has 1 fully saturated rings. The number of rotatable bonds is 8. The monoisotopic (exact) mass is 468 g/mol. The van der Waals surface area contributed by atoms with Gasteiger partial charge in [0.15, 0.2) is 11.6 Å². The van der Waals surface area contributed by atoms with Gasteiger partial charge in [0.2, 0.25) is 0 Å². The molecule has 3 rings (SSSR count). The van der Waals surface area contributed by atoms with E-state index >= 15 is 0 Å². The lowest BCUT2D eigenvalue weighted by molar-refractivity contribution is -0.142. The average molecular weight is 469 g/mol. The van der Waals surface area contributed by atoms with E-state index in [1.54, 1.807) is 6.07 Å². The molecule has 0 aliphatic heterocycles. The second-order valence-electron chi connectivity index (χ2n) is 8.68. The Morgan fingerprint density at radius 1 is 1.21 bits per heavy atom. The molecule has 0 unspecified atom stereocenters. The Morgan fingerprint density at radius 3 is 2.56 bits per heavy atom. The second kappa shape index (κ2) is 11.4. The number of hydrogen-bond acceptors (Lipinski definition) is 8. The highest BCUT2D eigenvalue weighted by molar-refractivity contribution is 6.00. The van der Waals surface area contributed by atoms with Gasteiger partial charge in [0, 0.05) is 37.0 Å². The number of carbonyl (C=O) groups excluding carboxylic acids is 2. The summed E-state index contributed by atoms with van der Waals surface area (Å²) in [5.41, 5.74) is 1.05. The molecule has 1 aliphatic carbocycles. The Bertz CT molecular complexity index is 1080. The largest absolute Gasteiger partial charge is 0.469 e. The van der Waals surface area contributed by atoms with E-state index in [-0.39, 0.29) is 41.3 Å². The van der Waals surface area contributed by atoms with Crippen molar-refractivity contribution in [2.24, 2.45) is 5.92 Å². The molecule has 0 aromatic carbocycles. The predicted molar refractivity (Wildman–Crippen MR) is 125 cm³/mol. The Morgan fingerprint density at radius 2 is 1.94 bits per heavy atom. The summed E-state index contributed by atoms with van der Waals surface area (Å²) < 4.78 is 19.0. The number of aromatic nitrogens is 2. The van der Waals surface area contributed by atoms with Crippen LogP contribution in [-0.2, 0) is 9.53 Å². The molecule has 2 aromatic heterocycles. The fourth-order valence-electron chi connectivity index (χ4n) is 3.94. The number of methoxy groups -OCH3 is 1. The van der Waals surface area contributed by atoms with Gasteiger partial charge in [-0.15, -0.1) is 0 Å². The highest BCUT2D eigenvalue weighted by atomic mass is 19.1. The van der Waals surface area contributed by atoms with Crippen molar-refractivity contribution < 1.29 is 18.7 Å². The van der Waals surface area contributed by atoms with Gasteiger partial charge < -0.3 is 20.7 Å². The van der Waals surface area contributed by atoms with Crippen LogP contribution in [0.25, 0.3) is 0 Å². The fraction of sp³-hybridized carbons (Fsp3) is 0.458. The normalized spacial score (nSPS) is 17.5. The topological polar surface area (TPSA) is 129 Å². The summed E-state index contributed by atoms with van der Waals surface area (Å²) in [6, 6.07) is 4.61. The third-order valence-electron chi connectivity index (χ3n) is 5.67. The minimum atomic E-state index is -0.677. The zero-order valence-electron chi connectivity index (χ0n) is 19.5. The molecule has 1 aliphatic rings. The molecule has 0 spiro atoms. The van der Waals surface area contributed by atoms with Gasteiger partial charge in [-0.05, 0) is 51.5 Å². The lowest BCUT2D eigenvalue weighted by atomic mass is 9.84. The van der Waals surface area contributed by atoms with E-state index in [1.165, 1.54) is 19.5 Å². The first kappa shape index (κ1) is 24.9. The molecule has 1 amide bonds. The van der Waals surface area contributed by atoms with Crippen LogP contribution in [0, 0.1) is 23.1 Å². The molecule has 0 bridgehead atoms. The molecule has 2 heterocycles. The molecule has 3 N–H and O–H groups in total. The molecule has 1 saturated carbocycles. The predicted octanol–water partition coefficient (Wildman–Crippen LogP) is 3.90. The SMILES string of the molecule is COC(=O)CC1CCC(NC(=O)c2cnc(Nc3ncc(C#N)cc3F)cc2NC(C)C)CC1. The van der Waals surface area contributed by atoms with Gasteiger partial charge in [0.05, 0.1) is 23.9 Å². The first-order valence-electron chi connectivity index (χ1n) is 11.3. The number of carbonyl (C=O) groups is 2. The number of esters is 1. The number of pyridine rings is 2. The molecule has 34 heavy (non-hydrogen) atoms. The number of nitrogens with one attached hydrogen (secondary N) is 3. The highest BCUT2D eigenvalue weighted by Crippen LogP contribution is 2.28. The minimum absolute atomic E-state index is 0.0167. The van der Waals surface area contributed by atoms with E-state index in [2.05, 4.69) is 25.9 Å². The average Bonchev–Trinajstić information content (AvgIpc) is 2.81. The van der Waals surface area contributed by atoms with Gasteiger partial charge in [0.25, 0.3) is 5.91 Å². The smallest absolute Gasteiger partial charge is 0.305 e. The van der Waals surface area contributed by atoms with Crippen molar-refractivity contribution in [1.29, 1.82) is 5.26 Å². The summed E-state index contributed by atoms with van der Waals surface area (Å²) >= 11 is 0. The third kappa shape index (κ3) is 6.63. The molecule has 2 aromatic rings. The number of nitrogens with zero attached hydrogens (tertiary/aromatic N) is 3. The molecular formula is C24H29FN6O3. The standard InChI is InChI=1S/C24H29FN6O3/c1-14(2)29-20-10-21(31-23-19(25)8-16(11-26)12-28-23)27-13-18(20)24(33)30-17-6-4-15(5-7-17)9-22(32)34-3/h8,10,12-15,17H,4-7,9H2,1-3H3,(H,30,33)(H2,27,28,29,31). The molecule has 9 nitrogen and oxygen atoms in total. The molecule has 10 heteroatoms. The van der Waals surface area contributed by atoms with Crippen LogP contribution in [0.2, 0.25) is 0 Å². The summed E-state index contributed by atoms with van der Waals surface area (Å²) in [7, 11) is 1.39. The summed E-state index contributed by atoms with van der Waals surface area (Å²) in [4.78, 5) is 32.7. The number of anilines is 3. The van der Waals surface area contributed by atoms with Gasteiger partial charge in [0.1, 0.15) is 11.9 Å². The summed E-state index contributed by atoms with van der Waals surface area (Å²) in [6.07, 6.45) is 6.39. The van der Waals surface area contributed by atoms with Crippen LogP contribution in [0.5, 0.6) is 0 Å². The Kier molecular flexibility index (Phi) is 8.35. The quantitative estimate of drug-likeness (QED) is 0.498. The van der Waals surface area contributed by atoms with Crippen LogP contribution in [0.15, 0.2) is 24.5 Å². The Balaban J connectivity index is 1.69. The maximum absolute atomic E-state index is 14.2. The molecule has 180 valence electrons. The van der Waals surface area contributed by atoms with E-state index in [9.17, 15) is 14.0 Å². The van der Waals surface area contributed by atoms with Crippen LogP contribution in [0.3, 0.4) is 0 Å². The molecule has 0 radical (unpaired) electrons. The molecule has 0 atom stereocenters. The minimum Gasteiger partial charge on any atom is -0.469 e. The van der Waals surface area contributed by atoms with Crippen LogP contribution in [0.4, 0.5) is 21.7 Å². The van der Waals surface area contributed by atoms with E-state index < -0.39 is 5.82 Å². The zero-order chi connectivity index (χ0) is 24.7. The van der Waals surface area contributed by atoms with Crippen molar-refractivity contribution in [2.75, 3.05) is 17.7 Å². The van der Waals surface area contributed by atoms with Crippen LogP contribution < -0.4 is 16.0 Å². The van der Waals surface area contributed by atoms with Crippen LogP contribution in [-0.4, -0.2) is 41.0 Å². The van der Waals surface area contributed by atoms with Gasteiger partial charge in [-0.2, -0.15) is 5.26 Å². The zero-order valence-corrected chi connectivity index (χ0v) is 19.5. The summed E-state index contributed by atoms with van der Waals surface area (Å²) in [5, 5.41) is 18.0. The lowest BCUT2D eigenvalue weighted by Crippen LogP contribution is -2.38. The number of amides is 1. The van der Waals surface area contributed by atoms with Crippen molar-refractivity contribution in [1.82, 2.24) is 15.3 Å². The van der Waals surface area contributed by atoms with Gasteiger partial charge >= 0.3 is 5.97 Å². The van der Waals surface area contributed by atoms with Gasteiger partial charge in [-0.1, -0.05) is 0 Å². The lowest BCUT2D eigenvalue weighted by Gasteiger charge is -2.28.